The van der Waals surface area contributed by atoms with E-state index in [9.17, 15) is 5.11 Å². The predicted octanol–water partition coefficient (Wildman–Crippen LogP) is 3.17. The molecule has 2 aromatic carbocycles. The number of phenols is 1. The van der Waals surface area contributed by atoms with Crippen molar-refractivity contribution >= 4 is 16.8 Å². The molecule has 2 rings (SSSR count). The monoisotopic (exact) mass is 227 g/mol. The van der Waals surface area contributed by atoms with Crippen LogP contribution in [0.4, 0.5) is 0 Å². The molecule has 0 aliphatic carbocycles. The average molecular weight is 227 g/mol. The molecule has 2 heteroatoms. The van der Waals surface area contributed by atoms with Crippen LogP contribution in [0.3, 0.4) is 0 Å². The second-order valence-electron chi connectivity index (χ2n) is 4.01. The Morgan fingerprint density at radius 2 is 2.00 bits per heavy atom. The lowest BCUT2D eigenvalue weighted by atomic mass is 10.0. The zero-order valence-electron chi connectivity index (χ0n) is 9.98. The quantitative estimate of drug-likeness (QED) is 0.786. The lowest BCUT2D eigenvalue weighted by molar-refractivity contribution is 0.475. The van der Waals surface area contributed by atoms with E-state index in [-0.39, 0.29) is 0 Å². The number of fused-ring (bicyclic) bond motifs is 1. The zero-order valence-corrected chi connectivity index (χ0v) is 9.98. The molecule has 0 radical (unpaired) electrons. The second kappa shape index (κ2) is 5.51. The van der Waals surface area contributed by atoms with Gasteiger partial charge in [0.2, 0.25) is 0 Å². The van der Waals surface area contributed by atoms with Crippen molar-refractivity contribution in [1.29, 1.82) is 0 Å². The number of phenolic OH excluding ortho intramolecular Hbond substituents is 1. The number of rotatable bonds is 4. The minimum atomic E-state index is 0.337. The van der Waals surface area contributed by atoms with E-state index >= 15 is 0 Å². The SMILES string of the molecule is CNCCC=Cc1c(O)ccc2ccccc12. The van der Waals surface area contributed by atoms with E-state index in [1.165, 1.54) is 0 Å². The maximum Gasteiger partial charge on any atom is 0.123 e. The van der Waals surface area contributed by atoms with Crippen molar-refractivity contribution in [3.63, 3.8) is 0 Å². The Hall–Kier alpha value is -1.80. The van der Waals surface area contributed by atoms with Crippen LogP contribution in [-0.4, -0.2) is 18.7 Å². The van der Waals surface area contributed by atoms with E-state index in [0.29, 0.717) is 5.75 Å². The molecule has 0 saturated carbocycles. The van der Waals surface area contributed by atoms with Gasteiger partial charge in [-0.15, -0.1) is 0 Å². The molecule has 88 valence electrons. The summed E-state index contributed by atoms with van der Waals surface area (Å²) in [6, 6.07) is 11.8. The third kappa shape index (κ3) is 2.66. The normalized spacial score (nSPS) is 11.4. The van der Waals surface area contributed by atoms with E-state index in [1.807, 2.05) is 37.4 Å². The molecule has 0 fully saturated rings. The smallest absolute Gasteiger partial charge is 0.123 e. The van der Waals surface area contributed by atoms with Gasteiger partial charge in [0, 0.05) is 5.56 Å². The van der Waals surface area contributed by atoms with Crippen LogP contribution in [0, 0.1) is 0 Å². The predicted molar refractivity (Wildman–Crippen MR) is 73.2 cm³/mol. The number of benzene rings is 2. The summed E-state index contributed by atoms with van der Waals surface area (Å²) in [6.07, 6.45) is 5.03. The van der Waals surface area contributed by atoms with Crippen molar-refractivity contribution in [3.05, 3.63) is 48.0 Å². The summed E-state index contributed by atoms with van der Waals surface area (Å²) in [5.41, 5.74) is 0.902. The molecule has 0 heterocycles. The highest BCUT2D eigenvalue weighted by Crippen LogP contribution is 2.28. The molecule has 2 aromatic rings. The molecule has 0 saturated heterocycles. The Kier molecular flexibility index (Phi) is 3.78. The molecule has 2 N–H and O–H groups in total. The first-order chi connectivity index (χ1) is 8.33. The van der Waals surface area contributed by atoms with Gasteiger partial charge in [0.15, 0.2) is 0 Å². The maximum absolute atomic E-state index is 9.90. The summed E-state index contributed by atoms with van der Waals surface area (Å²) in [4.78, 5) is 0. The molecule has 0 aromatic heterocycles. The van der Waals surface area contributed by atoms with E-state index in [4.69, 9.17) is 0 Å². The average Bonchev–Trinajstić information content (AvgIpc) is 2.37. The Morgan fingerprint density at radius 3 is 2.82 bits per heavy atom. The summed E-state index contributed by atoms with van der Waals surface area (Å²) in [7, 11) is 1.93. The Bertz CT molecular complexity index is 531. The molecule has 0 unspecified atom stereocenters. The third-order valence-electron chi connectivity index (χ3n) is 2.79. The first-order valence-electron chi connectivity index (χ1n) is 5.85. The number of aromatic hydroxyl groups is 1. The van der Waals surface area contributed by atoms with Crippen molar-refractivity contribution in [2.75, 3.05) is 13.6 Å². The molecule has 17 heavy (non-hydrogen) atoms. The maximum atomic E-state index is 9.90. The Balaban J connectivity index is 2.37. The molecule has 0 aliphatic heterocycles. The van der Waals surface area contributed by atoms with E-state index < -0.39 is 0 Å². The molecular weight excluding hydrogens is 210 g/mol. The Morgan fingerprint density at radius 1 is 1.18 bits per heavy atom. The van der Waals surface area contributed by atoms with Crippen LogP contribution in [0.1, 0.15) is 12.0 Å². The van der Waals surface area contributed by atoms with Gasteiger partial charge in [-0.3, -0.25) is 0 Å². The fourth-order valence-electron chi connectivity index (χ4n) is 1.89. The lowest BCUT2D eigenvalue weighted by Crippen LogP contribution is -2.05. The van der Waals surface area contributed by atoms with Crippen LogP contribution >= 0.6 is 0 Å². The lowest BCUT2D eigenvalue weighted by Gasteiger charge is -2.05. The van der Waals surface area contributed by atoms with E-state index in [1.54, 1.807) is 6.07 Å². The largest absolute Gasteiger partial charge is 0.507 e. The highest BCUT2D eigenvalue weighted by Gasteiger charge is 2.02. The topological polar surface area (TPSA) is 32.3 Å². The summed E-state index contributed by atoms with van der Waals surface area (Å²) in [5, 5.41) is 15.2. The van der Waals surface area contributed by atoms with Crippen molar-refractivity contribution in [1.82, 2.24) is 5.32 Å². The molecule has 2 nitrogen and oxygen atoms in total. The number of nitrogens with one attached hydrogen (secondary N) is 1. The van der Waals surface area contributed by atoms with Gasteiger partial charge in [0.1, 0.15) is 5.75 Å². The van der Waals surface area contributed by atoms with Gasteiger partial charge < -0.3 is 10.4 Å². The highest BCUT2D eigenvalue weighted by molar-refractivity contribution is 5.92. The summed E-state index contributed by atoms with van der Waals surface area (Å²) >= 11 is 0. The molecule has 0 bridgehead atoms. The van der Waals surface area contributed by atoms with Gasteiger partial charge in [-0.1, -0.05) is 42.5 Å². The molecule has 0 spiro atoms. The van der Waals surface area contributed by atoms with Gasteiger partial charge in [-0.25, -0.2) is 0 Å². The van der Waals surface area contributed by atoms with Crippen molar-refractivity contribution in [2.45, 2.75) is 6.42 Å². The summed E-state index contributed by atoms with van der Waals surface area (Å²) < 4.78 is 0. The van der Waals surface area contributed by atoms with Gasteiger partial charge in [0.05, 0.1) is 0 Å². The van der Waals surface area contributed by atoms with Gasteiger partial charge in [-0.2, -0.15) is 0 Å². The first-order valence-corrected chi connectivity index (χ1v) is 5.85. The minimum Gasteiger partial charge on any atom is -0.507 e. The first kappa shape index (κ1) is 11.7. The zero-order chi connectivity index (χ0) is 12.1. The van der Waals surface area contributed by atoms with Crippen molar-refractivity contribution in [3.8, 4) is 5.75 Å². The fourth-order valence-corrected chi connectivity index (χ4v) is 1.89. The molecular formula is C15H17NO. The van der Waals surface area contributed by atoms with E-state index in [0.717, 1.165) is 29.3 Å². The fraction of sp³-hybridized carbons (Fsp3) is 0.200. The second-order valence-corrected chi connectivity index (χ2v) is 4.01. The van der Waals surface area contributed by atoms with Crippen LogP contribution in [0.25, 0.3) is 16.8 Å². The minimum absolute atomic E-state index is 0.337. The summed E-state index contributed by atoms with van der Waals surface area (Å²) in [6.45, 7) is 0.946. The third-order valence-corrected chi connectivity index (χ3v) is 2.79. The highest BCUT2D eigenvalue weighted by atomic mass is 16.3. The molecule has 0 amide bonds. The van der Waals surface area contributed by atoms with Gasteiger partial charge in [-0.05, 0) is 36.9 Å². The van der Waals surface area contributed by atoms with Crippen LogP contribution < -0.4 is 5.32 Å². The van der Waals surface area contributed by atoms with Gasteiger partial charge in [0.25, 0.3) is 0 Å². The van der Waals surface area contributed by atoms with Crippen LogP contribution in [0.5, 0.6) is 5.75 Å². The van der Waals surface area contributed by atoms with Crippen LogP contribution in [0.2, 0.25) is 0 Å². The number of hydrogen-bond donors (Lipinski definition) is 2. The number of hydrogen-bond acceptors (Lipinski definition) is 2. The summed E-state index contributed by atoms with van der Waals surface area (Å²) in [5.74, 6) is 0.337. The van der Waals surface area contributed by atoms with E-state index in [2.05, 4.69) is 17.5 Å². The van der Waals surface area contributed by atoms with Crippen LogP contribution in [-0.2, 0) is 0 Å². The Labute approximate surface area is 102 Å². The van der Waals surface area contributed by atoms with Crippen molar-refractivity contribution in [2.24, 2.45) is 0 Å². The van der Waals surface area contributed by atoms with Gasteiger partial charge >= 0.3 is 0 Å². The van der Waals surface area contributed by atoms with Crippen molar-refractivity contribution < 1.29 is 5.11 Å². The van der Waals surface area contributed by atoms with Crippen LogP contribution in [0.15, 0.2) is 42.5 Å². The standard InChI is InChI=1S/C15H17NO/c1-16-11-5-4-8-14-13-7-3-2-6-12(13)9-10-15(14)17/h2-4,6-10,16-17H,5,11H2,1H3. The molecule has 0 aliphatic rings. The molecule has 0 atom stereocenters.